The van der Waals surface area contributed by atoms with Crippen molar-refractivity contribution in [3.05, 3.63) is 23.8 Å². The smallest absolute Gasteiger partial charge is 0.335 e. The van der Waals surface area contributed by atoms with Crippen LogP contribution in [0.5, 0.6) is 5.75 Å². The third-order valence-corrected chi connectivity index (χ3v) is 5.23. The number of carboxylic acid groups (broad SMARTS) is 1. The van der Waals surface area contributed by atoms with E-state index in [0.29, 0.717) is 13.0 Å². The summed E-state index contributed by atoms with van der Waals surface area (Å²) in [7, 11) is -2.30. The molecule has 1 heterocycles. The highest BCUT2D eigenvalue weighted by Gasteiger charge is 2.33. The molecule has 6 nitrogen and oxygen atoms in total. The van der Waals surface area contributed by atoms with Crippen molar-refractivity contribution in [1.82, 2.24) is 0 Å². The summed E-state index contributed by atoms with van der Waals surface area (Å²) < 4.78 is 35.0. The zero-order valence-corrected chi connectivity index (χ0v) is 11.1. The van der Waals surface area contributed by atoms with Crippen molar-refractivity contribution in [2.45, 2.75) is 16.6 Å². The summed E-state index contributed by atoms with van der Waals surface area (Å²) in [5.74, 6) is -1.03. The van der Waals surface area contributed by atoms with Crippen LogP contribution in [-0.2, 0) is 14.6 Å². The molecule has 1 N–H and O–H groups in total. The van der Waals surface area contributed by atoms with Gasteiger partial charge in [0.15, 0.2) is 9.84 Å². The van der Waals surface area contributed by atoms with Crippen LogP contribution < -0.4 is 4.74 Å². The number of methoxy groups -OCH3 is 1. The second-order valence-electron chi connectivity index (χ2n) is 4.20. The lowest BCUT2D eigenvalue weighted by atomic mass is 10.2. The topological polar surface area (TPSA) is 89.9 Å². The van der Waals surface area contributed by atoms with Gasteiger partial charge in [-0.05, 0) is 24.6 Å². The average Bonchev–Trinajstić information content (AvgIpc) is 2.92. The van der Waals surface area contributed by atoms with Crippen molar-refractivity contribution >= 4 is 15.8 Å². The van der Waals surface area contributed by atoms with E-state index in [0.717, 1.165) is 6.07 Å². The lowest BCUT2D eigenvalue weighted by molar-refractivity contribution is 0.0696. The number of carbonyl (C=O) groups is 1. The van der Waals surface area contributed by atoms with E-state index in [9.17, 15) is 13.2 Å². The highest BCUT2D eigenvalue weighted by Crippen LogP contribution is 2.30. The molecule has 1 unspecified atom stereocenters. The van der Waals surface area contributed by atoms with Crippen molar-refractivity contribution in [2.24, 2.45) is 0 Å². The molecule has 0 bridgehead atoms. The van der Waals surface area contributed by atoms with Crippen molar-refractivity contribution in [1.29, 1.82) is 0 Å². The molecule has 2 rings (SSSR count). The van der Waals surface area contributed by atoms with Crippen molar-refractivity contribution in [2.75, 3.05) is 20.3 Å². The number of carboxylic acids is 1. The molecule has 0 saturated carbocycles. The van der Waals surface area contributed by atoms with E-state index < -0.39 is 21.1 Å². The molecule has 0 radical (unpaired) electrons. The third kappa shape index (κ3) is 2.57. The first-order chi connectivity index (χ1) is 8.96. The van der Waals surface area contributed by atoms with Gasteiger partial charge in [-0.25, -0.2) is 13.2 Å². The van der Waals surface area contributed by atoms with E-state index in [1.807, 2.05) is 0 Å². The van der Waals surface area contributed by atoms with Crippen LogP contribution in [0.2, 0.25) is 0 Å². The Balaban J connectivity index is 2.52. The summed E-state index contributed by atoms with van der Waals surface area (Å²) >= 11 is 0. The van der Waals surface area contributed by atoms with Gasteiger partial charge in [-0.1, -0.05) is 0 Å². The third-order valence-electron chi connectivity index (χ3n) is 3.04. The molecule has 0 aromatic heterocycles. The molecule has 19 heavy (non-hydrogen) atoms. The Bertz CT molecular complexity index is 586. The average molecular weight is 286 g/mol. The summed E-state index contributed by atoms with van der Waals surface area (Å²) in [5.41, 5.74) is -0.0849. The molecule has 104 valence electrons. The Morgan fingerprint density at radius 1 is 1.47 bits per heavy atom. The molecule has 7 heteroatoms. The highest BCUT2D eigenvalue weighted by atomic mass is 32.2. The molecule has 0 aliphatic carbocycles. The highest BCUT2D eigenvalue weighted by molar-refractivity contribution is 7.92. The zero-order chi connectivity index (χ0) is 14.0. The number of sulfone groups is 1. The molecule has 1 aliphatic rings. The molecular weight excluding hydrogens is 272 g/mol. The Labute approximate surface area is 110 Å². The Morgan fingerprint density at radius 3 is 2.74 bits per heavy atom. The Morgan fingerprint density at radius 2 is 2.21 bits per heavy atom. The van der Waals surface area contributed by atoms with Crippen LogP contribution in [0.15, 0.2) is 23.1 Å². The van der Waals surface area contributed by atoms with E-state index >= 15 is 0 Å². The first-order valence-electron chi connectivity index (χ1n) is 5.70. The molecule has 1 aliphatic heterocycles. The number of ether oxygens (including phenoxy) is 2. The molecule has 1 saturated heterocycles. The van der Waals surface area contributed by atoms with E-state index in [2.05, 4.69) is 0 Å². The standard InChI is InChI=1S/C12H14O6S/c1-17-10-3-2-8(12(13)14)6-11(10)19(15,16)9-4-5-18-7-9/h2-3,6,9H,4-5,7H2,1H3,(H,13,14). The van der Waals surface area contributed by atoms with Crippen LogP contribution in [0.25, 0.3) is 0 Å². The van der Waals surface area contributed by atoms with E-state index in [4.69, 9.17) is 14.6 Å². The van der Waals surface area contributed by atoms with Crippen LogP contribution in [0.4, 0.5) is 0 Å². The number of rotatable bonds is 4. The van der Waals surface area contributed by atoms with Gasteiger partial charge in [-0.15, -0.1) is 0 Å². The summed E-state index contributed by atoms with van der Waals surface area (Å²) in [6, 6.07) is 3.80. The summed E-state index contributed by atoms with van der Waals surface area (Å²) in [6.45, 7) is 0.521. The quantitative estimate of drug-likeness (QED) is 0.886. The molecule has 0 spiro atoms. The summed E-state index contributed by atoms with van der Waals surface area (Å²) in [4.78, 5) is 10.8. The maximum Gasteiger partial charge on any atom is 0.335 e. The van der Waals surface area contributed by atoms with Gasteiger partial charge in [0.25, 0.3) is 0 Å². The van der Waals surface area contributed by atoms with Gasteiger partial charge < -0.3 is 14.6 Å². The predicted molar refractivity (Wildman–Crippen MR) is 66.4 cm³/mol. The van der Waals surface area contributed by atoms with Crippen LogP contribution in [0, 0.1) is 0 Å². The lowest BCUT2D eigenvalue weighted by Crippen LogP contribution is -2.22. The van der Waals surface area contributed by atoms with Crippen LogP contribution in [0.3, 0.4) is 0 Å². The van der Waals surface area contributed by atoms with Gasteiger partial charge in [0.1, 0.15) is 10.6 Å². The number of hydrogen-bond acceptors (Lipinski definition) is 5. The SMILES string of the molecule is COc1ccc(C(=O)O)cc1S(=O)(=O)C1CCOC1. The van der Waals surface area contributed by atoms with E-state index in [1.54, 1.807) is 0 Å². The lowest BCUT2D eigenvalue weighted by Gasteiger charge is -2.14. The second kappa shape index (κ2) is 5.18. The number of benzene rings is 1. The summed E-state index contributed by atoms with van der Waals surface area (Å²) in [5, 5.41) is 8.30. The first-order valence-corrected chi connectivity index (χ1v) is 7.24. The Kier molecular flexibility index (Phi) is 3.77. The maximum atomic E-state index is 12.4. The largest absolute Gasteiger partial charge is 0.495 e. The molecule has 0 amide bonds. The molecule has 1 fully saturated rings. The van der Waals surface area contributed by atoms with E-state index in [-0.39, 0.29) is 22.8 Å². The van der Waals surface area contributed by atoms with Gasteiger partial charge in [-0.3, -0.25) is 0 Å². The molecule has 1 atom stereocenters. The van der Waals surface area contributed by atoms with Crippen LogP contribution in [-0.4, -0.2) is 45.1 Å². The normalized spacial score (nSPS) is 19.3. The molecule has 1 aromatic rings. The zero-order valence-electron chi connectivity index (χ0n) is 10.3. The fourth-order valence-corrected chi connectivity index (χ4v) is 3.73. The van der Waals surface area contributed by atoms with Crippen molar-refractivity contribution in [3.8, 4) is 5.75 Å². The minimum absolute atomic E-state index is 0.0849. The van der Waals surface area contributed by atoms with Crippen LogP contribution in [0.1, 0.15) is 16.8 Å². The minimum atomic E-state index is -3.65. The molecular formula is C12H14O6S. The fraction of sp³-hybridized carbons (Fsp3) is 0.417. The van der Waals surface area contributed by atoms with Gasteiger partial charge in [0.05, 0.1) is 24.5 Å². The van der Waals surface area contributed by atoms with Gasteiger partial charge in [0, 0.05) is 6.61 Å². The van der Waals surface area contributed by atoms with Crippen LogP contribution >= 0.6 is 0 Å². The molecule has 1 aromatic carbocycles. The number of hydrogen-bond donors (Lipinski definition) is 1. The fourth-order valence-electron chi connectivity index (χ4n) is 1.97. The van der Waals surface area contributed by atoms with Gasteiger partial charge in [-0.2, -0.15) is 0 Å². The van der Waals surface area contributed by atoms with Crippen molar-refractivity contribution in [3.63, 3.8) is 0 Å². The van der Waals surface area contributed by atoms with Gasteiger partial charge >= 0.3 is 5.97 Å². The van der Waals surface area contributed by atoms with Crippen molar-refractivity contribution < 1.29 is 27.8 Å². The predicted octanol–water partition coefficient (Wildman–Crippen LogP) is 0.956. The summed E-state index contributed by atoms with van der Waals surface area (Å²) in [6.07, 6.45) is 0.406. The second-order valence-corrected chi connectivity index (χ2v) is 6.40. The minimum Gasteiger partial charge on any atom is -0.495 e. The monoisotopic (exact) mass is 286 g/mol. The number of aromatic carboxylic acids is 1. The van der Waals surface area contributed by atoms with E-state index in [1.165, 1.54) is 19.2 Å². The maximum absolute atomic E-state index is 12.4. The van der Waals surface area contributed by atoms with Gasteiger partial charge in [0.2, 0.25) is 0 Å². The first kappa shape index (κ1) is 13.8. The Hall–Kier alpha value is -1.60.